The molecule has 1 amide bonds. The van der Waals surface area contributed by atoms with Gasteiger partial charge in [-0.25, -0.2) is 9.36 Å². The van der Waals surface area contributed by atoms with Crippen molar-refractivity contribution in [2.24, 2.45) is 0 Å². The zero-order valence-electron chi connectivity index (χ0n) is 16.5. The lowest BCUT2D eigenvalue weighted by atomic mass is 9.99. The van der Waals surface area contributed by atoms with Crippen molar-refractivity contribution in [1.29, 1.82) is 0 Å². The Labute approximate surface area is 168 Å². The maximum absolute atomic E-state index is 12.3. The minimum atomic E-state index is -0.128. The molecule has 0 fully saturated rings. The van der Waals surface area contributed by atoms with Crippen LogP contribution >= 0.6 is 11.8 Å². The van der Waals surface area contributed by atoms with Gasteiger partial charge in [0.1, 0.15) is 0 Å². The fourth-order valence-corrected chi connectivity index (χ4v) is 3.45. The average molecular weight is 400 g/mol. The molecule has 8 nitrogen and oxygen atoms in total. The number of thioether (sulfide) groups is 1. The smallest absolute Gasteiger partial charge is 0.271 e. The second-order valence-corrected chi connectivity index (χ2v) is 7.70. The van der Waals surface area contributed by atoms with Gasteiger partial charge in [-0.3, -0.25) is 4.79 Å². The number of nitrogens with zero attached hydrogens (tertiary/aromatic N) is 5. The van der Waals surface area contributed by atoms with Gasteiger partial charge in [0.15, 0.2) is 0 Å². The molecule has 0 saturated heterocycles. The van der Waals surface area contributed by atoms with Gasteiger partial charge in [-0.05, 0) is 49.9 Å². The van der Waals surface area contributed by atoms with Gasteiger partial charge < -0.3 is 11.2 Å². The molecule has 28 heavy (non-hydrogen) atoms. The summed E-state index contributed by atoms with van der Waals surface area (Å²) in [6.07, 6.45) is 1.09. The number of nitrogens with two attached hydrogens (primary N) is 1. The molecule has 148 valence electrons. The summed E-state index contributed by atoms with van der Waals surface area (Å²) in [5, 5.41) is 15.9. The van der Waals surface area contributed by atoms with E-state index in [-0.39, 0.29) is 11.7 Å². The summed E-state index contributed by atoms with van der Waals surface area (Å²) < 4.78 is 2.98. The molecular weight excluding hydrogens is 374 g/mol. The van der Waals surface area contributed by atoms with Crippen LogP contribution in [0.5, 0.6) is 0 Å². The maximum atomic E-state index is 12.3. The molecule has 1 atom stereocenters. The number of carbonyl (C=O) groups is 1. The van der Waals surface area contributed by atoms with Gasteiger partial charge in [-0.2, -0.15) is 5.10 Å². The largest absolute Gasteiger partial charge is 0.334 e. The lowest BCUT2D eigenvalue weighted by Crippen LogP contribution is -2.18. The molecule has 0 aliphatic rings. The van der Waals surface area contributed by atoms with Gasteiger partial charge >= 0.3 is 0 Å². The quantitative estimate of drug-likeness (QED) is 0.467. The van der Waals surface area contributed by atoms with Crippen LogP contribution in [0.15, 0.2) is 35.5 Å². The Morgan fingerprint density at radius 3 is 2.57 bits per heavy atom. The minimum absolute atomic E-state index is 0.128. The molecule has 0 spiro atoms. The van der Waals surface area contributed by atoms with E-state index in [4.69, 9.17) is 5.84 Å². The van der Waals surface area contributed by atoms with Crippen molar-refractivity contribution in [2.45, 2.75) is 45.2 Å². The number of hydrogen-bond acceptors (Lipinski definition) is 6. The van der Waals surface area contributed by atoms with E-state index >= 15 is 0 Å². The van der Waals surface area contributed by atoms with Gasteiger partial charge in [-0.15, -0.1) is 10.2 Å². The number of nitrogens with one attached hydrogen (secondary N) is 1. The predicted octanol–water partition coefficient (Wildman–Crippen LogP) is 3.04. The third kappa shape index (κ3) is 4.36. The SMILES string of the molecule is CC[C@@H](C)c1ccc(NC(=O)CSc2nnc(-n3nc(C)cc3C)n2N)cc1. The van der Waals surface area contributed by atoms with Crippen LogP contribution in [0.3, 0.4) is 0 Å². The first-order valence-electron chi connectivity index (χ1n) is 9.15. The third-order valence-electron chi connectivity index (χ3n) is 4.55. The van der Waals surface area contributed by atoms with Crippen molar-refractivity contribution in [2.75, 3.05) is 16.9 Å². The van der Waals surface area contributed by atoms with Crippen LogP contribution in [-0.2, 0) is 4.79 Å². The van der Waals surface area contributed by atoms with Crippen LogP contribution in [0.25, 0.3) is 5.95 Å². The van der Waals surface area contributed by atoms with Crippen molar-refractivity contribution in [3.05, 3.63) is 47.3 Å². The van der Waals surface area contributed by atoms with Crippen molar-refractivity contribution in [1.82, 2.24) is 24.7 Å². The molecule has 2 heterocycles. The Balaban J connectivity index is 1.60. The number of aryl methyl sites for hydroxylation is 2. The van der Waals surface area contributed by atoms with Crippen molar-refractivity contribution < 1.29 is 4.79 Å². The summed E-state index contributed by atoms with van der Waals surface area (Å²) in [5.41, 5.74) is 3.82. The lowest BCUT2D eigenvalue weighted by molar-refractivity contribution is -0.113. The third-order valence-corrected chi connectivity index (χ3v) is 5.50. The number of nitrogen functional groups attached to an aromatic ring is 1. The zero-order valence-corrected chi connectivity index (χ0v) is 17.3. The molecule has 3 rings (SSSR count). The molecule has 3 aromatic rings. The highest BCUT2D eigenvalue weighted by atomic mass is 32.2. The van der Waals surface area contributed by atoms with Gasteiger partial charge in [0.2, 0.25) is 11.1 Å². The molecular formula is C19H25N7OS. The Morgan fingerprint density at radius 2 is 1.96 bits per heavy atom. The molecule has 0 bridgehead atoms. The number of rotatable bonds is 7. The molecule has 0 radical (unpaired) electrons. The highest BCUT2D eigenvalue weighted by Crippen LogP contribution is 2.21. The summed E-state index contributed by atoms with van der Waals surface area (Å²) in [6.45, 7) is 8.17. The molecule has 0 aliphatic carbocycles. The number of benzene rings is 1. The van der Waals surface area contributed by atoms with E-state index in [0.717, 1.165) is 23.5 Å². The monoisotopic (exact) mass is 399 g/mol. The van der Waals surface area contributed by atoms with Crippen LogP contribution < -0.4 is 11.2 Å². The first-order chi connectivity index (χ1) is 13.4. The van der Waals surface area contributed by atoms with E-state index in [1.807, 2.05) is 44.2 Å². The summed E-state index contributed by atoms with van der Waals surface area (Å²) >= 11 is 1.23. The first kappa shape index (κ1) is 19.9. The normalized spacial score (nSPS) is 12.1. The second kappa shape index (κ2) is 8.47. The molecule has 9 heteroatoms. The highest BCUT2D eigenvalue weighted by molar-refractivity contribution is 7.99. The van der Waals surface area contributed by atoms with Crippen LogP contribution in [0.1, 0.15) is 43.1 Å². The van der Waals surface area contributed by atoms with Crippen LogP contribution in [0.4, 0.5) is 5.69 Å². The zero-order chi connectivity index (χ0) is 20.3. The van der Waals surface area contributed by atoms with Crippen molar-refractivity contribution >= 4 is 23.4 Å². The Morgan fingerprint density at radius 1 is 1.25 bits per heavy atom. The molecule has 0 aliphatic heterocycles. The fraction of sp³-hybridized carbons (Fsp3) is 0.368. The number of aromatic nitrogens is 5. The lowest BCUT2D eigenvalue weighted by Gasteiger charge is -2.10. The Bertz CT molecular complexity index is 961. The predicted molar refractivity (Wildman–Crippen MR) is 111 cm³/mol. The number of anilines is 1. The van der Waals surface area contributed by atoms with Gasteiger partial charge in [0, 0.05) is 11.4 Å². The number of carbonyl (C=O) groups excluding carboxylic acids is 1. The standard InChI is InChI=1S/C19H25N7OS/c1-5-12(2)15-6-8-16(9-7-15)21-17(27)11-28-19-23-22-18(25(19)20)26-14(4)10-13(3)24-26/h6-10,12H,5,11,20H2,1-4H3,(H,21,27)/t12-/m1/s1. The first-order valence-corrected chi connectivity index (χ1v) is 10.1. The second-order valence-electron chi connectivity index (χ2n) is 6.76. The van der Waals surface area contributed by atoms with Gasteiger partial charge in [0.05, 0.1) is 11.4 Å². The molecule has 1 aromatic carbocycles. The van der Waals surface area contributed by atoms with E-state index in [1.54, 1.807) is 4.68 Å². The summed E-state index contributed by atoms with van der Waals surface area (Å²) in [7, 11) is 0. The van der Waals surface area contributed by atoms with E-state index in [1.165, 1.54) is 22.0 Å². The van der Waals surface area contributed by atoms with Crippen molar-refractivity contribution in [3.8, 4) is 5.95 Å². The maximum Gasteiger partial charge on any atom is 0.271 e. The van der Waals surface area contributed by atoms with Crippen molar-refractivity contribution in [3.63, 3.8) is 0 Å². The average Bonchev–Trinajstić information content (AvgIpc) is 3.20. The van der Waals surface area contributed by atoms with Gasteiger partial charge in [-0.1, -0.05) is 37.7 Å². The summed E-state index contributed by atoms with van der Waals surface area (Å²) in [6, 6.07) is 9.89. The Kier molecular flexibility index (Phi) is 6.03. The van der Waals surface area contributed by atoms with Crippen LogP contribution in [0, 0.1) is 13.8 Å². The van der Waals surface area contributed by atoms with E-state index in [9.17, 15) is 4.79 Å². The minimum Gasteiger partial charge on any atom is -0.334 e. The van der Waals surface area contributed by atoms with Crippen LogP contribution in [0.2, 0.25) is 0 Å². The molecule has 0 unspecified atom stereocenters. The highest BCUT2D eigenvalue weighted by Gasteiger charge is 2.16. The summed E-state index contributed by atoms with van der Waals surface area (Å²) in [4.78, 5) is 12.3. The summed E-state index contributed by atoms with van der Waals surface area (Å²) in [5.74, 6) is 7.06. The van der Waals surface area contributed by atoms with E-state index in [0.29, 0.717) is 17.0 Å². The number of amides is 1. The van der Waals surface area contributed by atoms with E-state index in [2.05, 4.69) is 34.5 Å². The molecule has 2 aromatic heterocycles. The molecule has 3 N–H and O–H groups in total. The fourth-order valence-electron chi connectivity index (χ4n) is 2.80. The van der Waals surface area contributed by atoms with Gasteiger partial charge in [0.25, 0.3) is 5.95 Å². The molecule has 0 saturated carbocycles. The van der Waals surface area contributed by atoms with E-state index < -0.39 is 0 Å². The van der Waals surface area contributed by atoms with Crippen LogP contribution in [-0.4, -0.2) is 36.3 Å². The Hall–Kier alpha value is -2.81. The topological polar surface area (TPSA) is 104 Å². The number of hydrogen-bond donors (Lipinski definition) is 2.